The van der Waals surface area contributed by atoms with Gasteiger partial charge in [-0.3, -0.25) is 0 Å². The Kier molecular flexibility index (Phi) is 4.75. The first-order valence-corrected chi connectivity index (χ1v) is 9.04. The number of imidazole rings is 1. The number of nitrogens with zero attached hydrogens (tertiary/aromatic N) is 3. The van der Waals surface area contributed by atoms with Gasteiger partial charge in [0.2, 0.25) is 0 Å². The van der Waals surface area contributed by atoms with E-state index in [1.807, 2.05) is 11.5 Å². The molecule has 6 nitrogen and oxygen atoms in total. The Balaban J connectivity index is 2.35. The minimum Gasteiger partial charge on any atom is -0.334 e. The number of sulfonamides is 1. The fourth-order valence-corrected chi connectivity index (χ4v) is 4.70. The largest absolute Gasteiger partial charge is 0.334 e. The summed E-state index contributed by atoms with van der Waals surface area (Å²) < 4.78 is 29.1. The molecular formula is C14H26N4O2S. The molecule has 0 aromatic carbocycles. The van der Waals surface area contributed by atoms with Crippen LogP contribution in [0.5, 0.6) is 0 Å². The first kappa shape index (κ1) is 16.5. The zero-order valence-electron chi connectivity index (χ0n) is 13.2. The van der Waals surface area contributed by atoms with Crippen LogP contribution < -0.4 is 5.73 Å². The minimum atomic E-state index is -3.59. The highest BCUT2D eigenvalue weighted by Gasteiger charge is 2.43. The average Bonchev–Trinajstić information content (AvgIpc) is 3.07. The summed E-state index contributed by atoms with van der Waals surface area (Å²) >= 11 is 0. The molecule has 0 spiro atoms. The summed E-state index contributed by atoms with van der Waals surface area (Å²) in [5.41, 5.74) is 5.45. The molecule has 1 saturated carbocycles. The zero-order chi connectivity index (χ0) is 15.7. The fraction of sp³-hybridized carbons (Fsp3) is 0.786. The van der Waals surface area contributed by atoms with Gasteiger partial charge in [-0.2, -0.15) is 4.31 Å². The molecule has 1 aromatic heterocycles. The Bertz CT molecular complexity index is 588. The number of hydrogen-bond acceptors (Lipinski definition) is 4. The highest BCUT2D eigenvalue weighted by Crippen LogP contribution is 2.36. The molecule has 0 bridgehead atoms. The lowest BCUT2D eigenvalue weighted by Gasteiger charge is -2.36. The van der Waals surface area contributed by atoms with Crippen LogP contribution in [0, 0.1) is 6.92 Å². The number of hydrogen-bond donors (Lipinski definition) is 1. The maximum Gasteiger partial charge on any atom is 0.262 e. The van der Waals surface area contributed by atoms with Gasteiger partial charge in [0, 0.05) is 31.9 Å². The predicted octanol–water partition coefficient (Wildman–Crippen LogP) is 1.49. The van der Waals surface area contributed by atoms with Crippen LogP contribution in [0.2, 0.25) is 0 Å². The predicted molar refractivity (Wildman–Crippen MR) is 82.5 cm³/mol. The summed E-state index contributed by atoms with van der Waals surface area (Å²) in [5, 5.41) is 0.135. The van der Waals surface area contributed by atoms with Crippen molar-refractivity contribution in [1.29, 1.82) is 0 Å². The van der Waals surface area contributed by atoms with Crippen LogP contribution >= 0.6 is 0 Å². The second-order valence-corrected chi connectivity index (χ2v) is 7.84. The van der Waals surface area contributed by atoms with Gasteiger partial charge in [-0.1, -0.05) is 19.8 Å². The molecule has 1 fully saturated rings. The van der Waals surface area contributed by atoms with Crippen molar-refractivity contribution in [1.82, 2.24) is 13.9 Å². The number of nitrogens with two attached hydrogens (primary N) is 1. The van der Waals surface area contributed by atoms with E-state index >= 15 is 0 Å². The Morgan fingerprint density at radius 3 is 2.57 bits per heavy atom. The Morgan fingerprint density at radius 1 is 1.43 bits per heavy atom. The van der Waals surface area contributed by atoms with Crippen molar-refractivity contribution in [2.75, 3.05) is 13.6 Å². The maximum atomic E-state index is 12.8. The van der Waals surface area contributed by atoms with E-state index in [1.165, 1.54) is 4.31 Å². The van der Waals surface area contributed by atoms with Crippen molar-refractivity contribution >= 4 is 10.0 Å². The van der Waals surface area contributed by atoms with Crippen LogP contribution in [-0.2, 0) is 16.6 Å². The molecule has 0 aliphatic heterocycles. The summed E-state index contributed by atoms with van der Waals surface area (Å²) in [6, 6.07) is 0. The van der Waals surface area contributed by atoms with E-state index in [1.54, 1.807) is 13.2 Å². The van der Waals surface area contributed by atoms with Gasteiger partial charge >= 0.3 is 0 Å². The van der Waals surface area contributed by atoms with E-state index in [9.17, 15) is 8.42 Å². The van der Waals surface area contributed by atoms with Crippen molar-refractivity contribution in [3.05, 3.63) is 12.0 Å². The zero-order valence-corrected chi connectivity index (χ0v) is 14.0. The second-order valence-electron chi connectivity index (χ2n) is 5.93. The number of likely N-dealkylation sites (N-methyl/N-ethyl adjacent to an activating group) is 1. The van der Waals surface area contributed by atoms with Gasteiger partial charge in [-0.25, -0.2) is 13.4 Å². The lowest BCUT2D eigenvalue weighted by atomic mass is 9.98. The van der Waals surface area contributed by atoms with Crippen molar-refractivity contribution in [3.8, 4) is 0 Å². The highest BCUT2D eigenvalue weighted by atomic mass is 32.2. The molecule has 0 atom stereocenters. The van der Waals surface area contributed by atoms with Crippen LogP contribution in [0.15, 0.2) is 11.2 Å². The Hall–Kier alpha value is -0.920. The van der Waals surface area contributed by atoms with Gasteiger partial charge in [-0.05, 0) is 26.2 Å². The van der Waals surface area contributed by atoms with Crippen molar-refractivity contribution < 1.29 is 8.42 Å². The first-order valence-electron chi connectivity index (χ1n) is 7.60. The molecule has 1 heterocycles. The van der Waals surface area contributed by atoms with Crippen LogP contribution in [0.1, 0.15) is 44.9 Å². The van der Waals surface area contributed by atoms with Gasteiger partial charge in [-0.15, -0.1) is 0 Å². The summed E-state index contributed by atoms with van der Waals surface area (Å²) in [5.74, 6) is 0.733. The fourth-order valence-electron chi connectivity index (χ4n) is 3.15. The quantitative estimate of drug-likeness (QED) is 0.862. The van der Waals surface area contributed by atoms with Crippen molar-refractivity contribution in [2.24, 2.45) is 5.73 Å². The standard InChI is InChI=1S/C14H26N4O2S/c1-4-9-18-10-13(16-12(18)2)21(19,20)17(3)14(11-15)7-5-6-8-14/h10H,4-9,11,15H2,1-3H3. The smallest absolute Gasteiger partial charge is 0.262 e. The summed E-state index contributed by atoms with van der Waals surface area (Å²) in [6.45, 7) is 5.03. The molecule has 7 heteroatoms. The lowest BCUT2D eigenvalue weighted by molar-refractivity contribution is 0.230. The molecule has 0 amide bonds. The molecule has 1 aromatic rings. The van der Waals surface area contributed by atoms with E-state index in [0.29, 0.717) is 6.54 Å². The van der Waals surface area contributed by atoms with Gasteiger partial charge in [0.15, 0.2) is 5.03 Å². The Labute approximate surface area is 127 Å². The van der Waals surface area contributed by atoms with Gasteiger partial charge in [0.05, 0.1) is 0 Å². The molecule has 0 radical (unpaired) electrons. The van der Waals surface area contributed by atoms with Crippen LogP contribution in [0.25, 0.3) is 0 Å². The Morgan fingerprint density at radius 2 is 2.05 bits per heavy atom. The van der Waals surface area contributed by atoms with Crippen LogP contribution in [-0.4, -0.2) is 41.4 Å². The summed E-state index contributed by atoms with van der Waals surface area (Å²) in [6.07, 6.45) is 6.30. The van der Waals surface area contributed by atoms with Gasteiger partial charge in [0.25, 0.3) is 10.0 Å². The lowest BCUT2D eigenvalue weighted by Crippen LogP contribution is -2.52. The van der Waals surface area contributed by atoms with E-state index in [2.05, 4.69) is 11.9 Å². The number of aryl methyl sites for hydroxylation is 2. The third kappa shape index (κ3) is 2.86. The molecule has 120 valence electrons. The highest BCUT2D eigenvalue weighted by molar-refractivity contribution is 7.89. The SMILES string of the molecule is CCCn1cc(S(=O)(=O)N(C)C2(CN)CCCC2)nc1C. The summed E-state index contributed by atoms with van der Waals surface area (Å²) in [7, 11) is -1.95. The third-order valence-electron chi connectivity index (χ3n) is 4.63. The number of aromatic nitrogens is 2. The van der Waals surface area contributed by atoms with Crippen molar-refractivity contribution in [2.45, 2.75) is 63.1 Å². The minimum absolute atomic E-state index is 0.135. The normalized spacial score (nSPS) is 18.5. The molecule has 21 heavy (non-hydrogen) atoms. The maximum absolute atomic E-state index is 12.8. The van der Waals surface area contributed by atoms with Crippen LogP contribution in [0.4, 0.5) is 0 Å². The van der Waals surface area contributed by atoms with Crippen molar-refractivity contribution in [3.63, 3.8) is 0 Å². The van der Waals surface area contributed by atoms with E-state index in [4.69, 9.17) is 5.73 Å². The second kappa shape index (κ2) is 6.06. The monoisotopic (exact) mass is 314 g/mol. The molecular weight excluding hydrogens is 288 g/mol. The topological polar surface area (TPSA) is 81.2 Å². The third-order valence-corrected chi connectivity index (χ3v) is 6.46. The molecule has 1 aliphatic rings. The van der Waals surface area contributed by atoms with Gasteiger partial charge in [0.1, 0.15) is 5.82 Å². The molecule has 2 rings (SSSR count). The van der Waals surface area contributed by atoms with Crippen LogP contribution in [0.3, 0.4) is 0 Å². The van der Waals surface area contributed by atoms with E-state index in [0.717, 1.165) is 44.5 Å². The summed E-state index contributed by atoms with van der Waals surface area (Å²) in [4.78, 5) is 4.25. The van der Waals surface area contributed by atoms with E-state index in [-0.39, 0.29) is 5.03 Å². The molecule has 2 N–H and O–H groups in total. The molecule has 0 unspecified atom stereocenters. The first-order chi connectivity index (χ1) is 9.87. The molecule has 0 saturated heterocycles. The van der Waals surface area contributed by atoms with E-state index < -0.39 is 15.6 Å². The van der Waals surface area contributed by atoms with Gasteiger partial charge < -0.3 is 10.3 Å². The number of rotatable bonds is 6. The average molecular weight is 314 g/mol. The molecule has 1 aliphatic carbocycles.